The molecule has 0 saturated carbocycles. The minimum Gasteiger partial charge on any atom is -0.475 e. The summed E-state index contributed by atoms with van der Waals surface area (Å²) in [6.07, 6.45) is -8.42. The van der Waals surface area contributed by atoms with Crippen LogP contribution < -0.4 is 11.1 Å². The molecule has 0 aliphatic rings. The molecule has 1 aromatic carbocycles. The Morgan fingerprint density at radius 1 is 0.964 bits per heavy atom. The number of halogens is 6. The first-order valence-corrected chi connectivity index (χ1v) is 6.70. The van der Waals surface area contributed by atoms with E-state index >= 15 is 0 Å². The molecule has 28 heavy (non-hydrogen) atoms. The second kappa shape index (κ2) is 9.94. The predicted octanol–water partition coefficient (Wildman–Crippen LogP) is 2.81. The van der Waals surface area contributed by atoms with E-state index in [1.165, 1.54) is 0 Å². The van der Waals surface area contributed by atoms with Gasteiger partial charge in [0.25, 0.3) is 0 Å². The van der Waals surface area contributed by atoms with Crippen LogP contribution in [0.2, 0.25) is 0 Å². The number of guanidine groups is 1. The number of nitrogens with zero attached hydrogens (tertiary/aromatic N) is 1. The third kappa shape index (κ3) is 9.79. The molecule has 0 fully saturated rings. The molecule has 0 atom stereocenters. The summed E-state index contributed by atoms with van der Waals surface area (Å²) in [4.78, 5) is 21.9. The number of nitrogens with two attached hydrogens (primary N) is 1. The fourth-order valence-electron chi connectivity index (χ4n) is 1.29. The first-order chi connectivity index (χ1) is 12.6. The summed E-state index contributed by atoms with van der Waals surface area (Å²) in [5.41, 5.74) is 5.20. The average Bonchev–Trinajstić information content (AvgIpc) is 2.53. The van der Waals surface area contributed by atoms with Crippen LogP contribution >= 0.6 is 0 Å². The minimum atomic E-state index is -5.08. The van der Waals surface area contributed by atoms with E-state index in [-0.39, 0.29) is 5.96 Å². The fraction of sp³-hybridized carbons (Fsp3) is 0.143. The average molecular weight is 414 g/mol. The van der Waals surface area contributed by atoms with Crippen molar-refractivity contribution >= 4 is 34.5 Å². The van der Waals surface area contributed by atoms with Crippen LogP contribution in [0, 0.1) is 5.41 Å². The van der Waals surface area contributed by atoms with E-state index in [0.717, 1.165) is 10.8 Å². The highest BCUT2D eigenvalue weighted by Gasteiger charge is 2.38. The highest BCUT2D eigenvalue weighted by molar-refractivity contribution is 5.91. The van der Waals surface area contributed by atoms with Crippen LogP contribution in [-0.2, 0) is 9.59 Å². The maximum atomic E-state index is 10.6. The number of rotatable bonds is 1. The highest BCUT2D eigenvalue weighted by atomic mass is 19.4. The number of alkyl halides is 6. The van der Waals surface area contributed by atoms with Crippen LogP contribution in [0.3, 0.4) is 0 Å². The number of aromatic nitrogens is 1. The number of carboxylic acid groups (broad SMARTS) is 2. The van der Waals surface area contributed by atoms with Crippen molar-refractivity contribution in [3.05, 3.63) is 36.5 Å². The first kappa shape index (κ1) is 24.4. The standard InChI is InChI=1S/C10H10N4.2C2HF3O2/c11-10(12)14-9-5-7-3-1-2-4-8(7)6-13-9;2*3-2(4,5)1(6)7/h1-6H,(H4,11,12,13,14);2*(H,6,7). The van der Waals surface area contributed by atoms with Crippen LogP contribution in [0.1, 0.15) is 0 Å². The molecular formula is C14H12F6N4O4. The lowest BCUT2D eigenvalue weighted by Crippen LogP contribution is -2.21. The lowest BCUT2D eigenvalue weighted by atomic mass is 10.2. The highest BCUT2D eigenvalue weighted by Crippen LogP contribution is 2.15. The number of pyridine rings is 1. The molecule has 0 aliphatic heterocycles. The van der Waals surface area contributed by atoms with Gasteiger partial charge in [-0.3, -0.25) is 5.41 Å². The Labute approximate surface area is 152 Å². The van der Waals surface area contributed by atoms with Crippen LogP contribution in [0.25, 0.3) is 10.8 Å². The molecule has 6 N–H and O–H groups in total. The topological polar surface area (TPSA) is 149 Å². The molecule has 14 heteroatoms. The zero-order chi connectivity index (χ0) is 22.1. The lowest BCUT2D eigenvalue weighted by Gasteiger charge is -2.03. The Hall–Kier alpha value is -3.58. The Morgan fingerprint density at radius 2 is 1.36 bits per heavy atom. The van der Waals surface area contributed by atoms with Crippen molar-refractivity contribution < 1.29 is 46.1 Å². The second-order valence-corrected chi connectivity index (χ2v) is 4.56. The molecule has 0 radical (unpaired) electrons. The predicted molar refractivity (Wildman–Crippen MR) is 84.7 cm³/mol. The van der Waals surface area contributed by atoms with E-state index in [4.69, 9.17) is 30.9 Å². The number of carboxylic acids is 2. The summed E-state index contributed by atoms with van der Waals surface area (Å²) in [7, 11) is 0. The smallest absolute Gasteiger partial charge is 0.475 e. The largest absolute Gasteiger partial charge is 0.490 e. The maximum Gasteiger partial charge on any atom is 0.490 e. The van der Waals surface area contributed by atoms with Gasteiger partial charge in [-0.1, -0.05) is 24.3 Å². The molecule has 154 valence electrons. The zero-order valence-electron chi connectivity index (χ0n) is 13.5. The van der Waals surface area contributed by atoms with Crippen molar-refractivity contribution in [2.75, 3.05) is 5.32 Å². The number of anilines is 1. The van der Waals surface area contributed by atoms with Gasteiger partial charge in [0, 0.05) is 11.6 Å². The molecule has 0 saturated heterocycles. The minimum absolute atomic E-state index is 0.104. The molecule has 1 heterocycles. The number of aliphatic carboxylic acids is 2. The van der Waals surface area contributed by atoms with E-state index < -0.39 is 24.3 Å². The molecule has 2 aromatic rings. The molecule has 0 unspecified atom stereocenters. The Kier molecular flexibility index (Phi) is 8.67. The van der Waals surface area contributed by atoms with Crippen molar-refractivity contribution in [2.45, 2.75) is 12.4 Å². The van der Waals surface area contributed by atoms with Crippen molar-refractivity contribution in [3.8, 4) is 0 Å². The zero-order valence-corrected chi connectivity index (χ0v) is 13.5. The third-order valence-electron chi connectivity index (χ3n) is 2.38. The van der Waals surface area contributed by atoms with Gasteiger partial charge in [0.05, 0.1) is 0 Å². The first-order valence-electron chi connectivity index (χ1n) is 6.70. The van der Waals surface area contributed by atoms with E-state index in [9.17, 15) is 26.3 Å². The quantitative estimate of drug-likeness (QED) is 0.274. The molecule has 1 aromatic heterocycles. The summed E-state index contributed by atoms with van der Waals surface area (Å²) < 4.78 is 63.5. The molecule has 0 bridgehead atoms. The van der Waals surface area contributed by atoms with E-state index in [1.54, 1.807) is 6.20 Å². The lowest BCUT2D eigenvalue weighted by molar-refractivity contribution is -0.193. The van der Waals surface area contributed by atoms with Gasteiger partial charge >= 0.3 is 24.3 Å². The summed E-state index contributed by atoms with van der Waals surface area (Å²) in [5.74, 6) is -5.02. The molecule has 0 amide bonds. The van der Waals surface area contributed by atoms with Crippen molar-refractivity contribution in [2.24, 2.45) is 5.73 Å². The molecule has 2 rings (SSSR count). The van der Waals surface area contributed by atoms with Crippen LogP contribution in [0.15, 0.2) is 36.5 Å². The summed E-state index contributed by atoms with van der Waals surface area (Å²) in [6.45, 7) is 0. The molecule has 0 spiro atoms. The third-order valence-corrected chi connectivity index (χ3v) is 2.38. The Bertz CT molecular complexity index is 814. The van der Waals surface area contributed by atoms with Crippen LogP contribution in [0.4, 0.5) is 32.2 Å². The number of hydrogen-bond donors (Lipinski definition) is 5. The van der Waals surface area contributed by atoms with Gasteiger partial charge in [0.15, 0.2) is 5.96 Å². The Balaban J connectivity index is 0.000000444. The number of hydrogen-bond acceptors (Lipinski definition) is 4. The number of fused-ring (bicyclic) bond motifs is 1. The van der Waals surface area contributed by atoms with Gasteiger partial charge in [0.1, 0.15) is 5.82 Å². The van der Waals surface area contributed by atoms with Gasteiger partial charge in [-0.15, -0.1) is 0 Å². The fourth-order valence-corrected chi connectivity index (χ4v) is 1.29. The van der Waals surface area contributed by atoms with Gasteiger partial charge in [-0.2, -0.15) is 26.3 Å². The summed E-state index contributed by atoms with van der Waals surface area (Å²) in [6, 6.07) is 9.75. The monoisotopic (exact) mass is 414 g/mol. The molecule has 8 nitrogen and oxygen atoms in total. The summed E-state index contributed by atoms with van der Waals surface area (Å²) >= 11 is 0. The summed E-state index contributed by atoms with van der Waals surface area (Å²) in [5, 5.41) is 26.1. The van der Waals surface area contributed by atoms with Crippen molar-refractivity contribution in [3.63, 3.8) is 0 Å². The molecular weight excluding hydrogens is 402 g/mol. The Morgan fingerprint density at radius 3 is 1.71 bits per heavy atom. The van der Waals surface area contributed by atoms with Gasteiger partial charge < -0.3 is 21.3 Å². The molecule has 0 aliphatic carbocycles. The van der Waals surface area contributed by atoms with Crippen LogP contribution in [-0.4, -0.2) is 45.4 Å². The van der Waals surface area contributed by atoms with Gasteiger partial charge in [0.2, 0.25) is 0 Å². The second-order valence-electron chi connectivity index (χ2n) is 4.56. The maximum absolute atomic E-state index is 10.6. The SMILES string of the molecule is N=C(N)Nc1cc2ccccc2cn1.O=C(O)C(F)(F)F.O=C(O)C(F)(F)F. The van der Waals surface area contributed by atoms with Gasteiger partial charge in [-0.05, 0) is 11.5 Å². The number of benzene rings is 1. The van der Waals surface area contributed by atoms with Crippen molar-refractivity contribution in [1.82, 2.24) is 4.98 Å². The number of carbonyl (C=O) groups is 2. The van der Waals surface area contributed by atoms with E-state index in [2.05, 4.69) is 10.3 Å². The number of nitrogens with one attached hydrogen (secondary N) is 2. The van der Waals surface area contributed by atoms with Gasteiger partial charge in [-0.25, -0.2) is 14.6 Å². The van der Waals surface area contributed by atoms with Crippen molar-refractivity contribution in [1.29, 1.82) is 5.41 Å². The normalized spacial score (nSPS) is 10.6. The van der Waals surface area contributed by atoms with E-state index in [0.29, 0.717) is 5.82 Å². The van der Waals surface area contributed by atoms with E-state index in [1.807, 2.05) is 30.3 Å². The van der Waals surface area contributed by atoms with Crippen LogP contribution in [0.5, 0.6) is 0 Å².